The summed E-state index contributed by atoms with van der Waals surface area (Å²) >= 11 is 1.77. The second kappa shape index (κ2) is 5.73. The SMILES string of the molecule is Cc1ccccc1CNC(C)c1nc2ccccc2s1. The fourth-order valence-corrected chi connectivity index (χ4v) is 3.23. The Morgan fingerprint density at radius 3 is 2.65 bits per heavy atom. The maximum atomic E-state index is 4.70. The van der Waals surface area contributed by atoms with Crippen LogP contribution in [0.15, 0.2) is 48.5 Å². The molecule has 1 atom stereocenters. The van der Waals surface area contributed by atoms with E-state index in [1.54, 1.807) is 11.3 Å². The molecule has 0 aliphatic rings. The summed E-state index contributed by atoms with van der Waals surface area (Å²) in [4.78, 5) is 4.70. The molecule has 0 fully saturated rings. The van der Waals surface area contributed by atoms with E-state index in [0.717, 1.165) is 17.1 Å². The van der Waals surface area contributed by atoms with Crippen molar-refractivity contribution in [3.63, 3.8) is 0 Å². The number of benzene rings is 2. The summed E-state index contributed by atoms with van der Waals surface area (Å²) in [6.07, 6.45) is 0. The van der Waals surface area contributed by atoms with Gasteiger partial charge in [-0.25, -0.2) is 4.98 Å². The first-order valence-corrected chi connectivity index (χ1v) is 7.69. The van der Waals surface area contributed by atoms with E-state index in [1.165, 1.54) is 15.8 Å². The number of fused-ring (bicyclic) bond motifs is 1. The van der Waals surface area contributed by atoms with Crippen molar-refractivity contribution in [3.8, 4) is 0 Å². The fourth-order valence-electron chi connectivity index (χ4n) is 2.23. The third kappa shape index (κ3) is 2.74. The minimum absolute atomic E-state index is 0.270. The maximum Gasteiger partial charge on any atom is 0.111 e. The lowest BCUT2D eigenvalue weighted by molar-refractivity contribution is 0.571. The predicted octanol–water partition coefficient (Wildman–Crippen LogP) is 4.46. The molecule has 1 N–H and O–H groups in total. The van der Waals surface area contributed by atoms with E-state index in [-0.39, 0.29) is 6.04 Å². The van der Waals surface area contributed by atoms with Gasteiger partial charge in [0, 0.05) is 6.54 Å². The summed E-state index contributed by atoms with van der Waals surface area (Å²) in [6, 6.07) is 17.1. The second-order valence-corrected chi connectivity index (χ2v) is 6.11. The number of aromatic nitrogens is 1. The van der Waals surface area contributed by atoms with Gasteiger partial charge in [0.1, 0.15) is 5.01 Å². The highest BCUT2D eigenvalue weighted by molar-refractivity contribution is 7.18. The second-order valence-electron chi connectivity index (χ2n) is 5.05. The van der Waals surface area contributed by atoms with Gasteiger partial charge in [-0.15, -0.1) is 11.3 Å². The summed E-state index contributed by atoms with van der Waals surface area (Å²) in [5, 5.41) is 4.72. The Morgan fingerprint density at radius 2 is 1.85 bits per heavy atom. The average molecular weight is 282 g/mol. The first kappa shape index (κ1) is 13.3. The third-order valence-corrected chi connectivity index (χ3v) is 4.76. The Kier molecular flexibility index (Phi) is 3.81. The normalized spacial score (nSPS) is 12.7. The van der Waals surface area contributed by atoms with Gasteiger partial charge in [0.2, 0.25) is 0 Å². The smallest absolute Gasteiger partial charge is 0.111 e. The molecular formula is C17H18N2S. The number of hydrogen-bond acceptors (Lipinski definition) is 3. The van der Waals surface area contributed by atoms with Crippen LogP contribution in [0.4, 0.5) is 0 Å². The van der Waals surface area contributed by atoms with Crippen molar-refractivity contribution in [1.29, 1.82) is 0 Å². The molecule has 0 saturated heterocycles. The van der Waals surface area contributed by atoms with Crippen molar-refractivity contribution in [2.45, 2.75) is 26.4 Å². The van der Waals surface area contributed by atoms with Gasteiger partial charge in [0.25, 0.3) is 0 Å². The molecule has 3 aromatic rings. The van der Waals surface area contributed by atoms with Gasteiger partial charge >= 0.3 is 0 Å². The lowest BCUT2D eigenvalue weighted by Crippen LogP contribution is -2.18. The molecule has 0 amide bonds. The molecule has 0 aliphatic carbocycles. The zero-order chi connectivity index (χ0) is 13.9. The Bertz CT molecular complexity index is 685. The number of para-hydroxylation sites is 1. The van der Waals surface area contributed by atoms with Crippen LogP contribution in [0, 0.1) is 6.92 Å². The lowest BCUT2D eigenvalue weighted by atomic mass is 10.1. The molecule has 1 heterocycles. The molecule has 3 rings (SSSR count). The van der Waals surface area contributed by atoms with Crippen molar-refractivity contribution in [1.82, 2.24) is 10.3 Å². The molecule has 0 radical (unpaired) electrons. The van der Waals surface area contributed by atoms with Crippen molar-refractivity contribution >= 4 is 21.6 Å². The van der Waals surface area contributed by atoms with Crippen LogP contribution in [-0.2, 0) is 6.54 Å². The summed E-state index contributed by atoms with van der Waals surface area (Å²) in [7, 11) is 0. The molecule has 0 saturated carbocycles. The first-order valence-electron chi connectivity index (χ1n) is 6.87. The van der Waals surface area contributed by atoms with E-state index in [4.69, 9.17) is 4.98 Å². The van der Waals surface area contributed by atoms with E-state index < -0.39 is 0 Å². The maximum absolute atomic E-state index is 4.70. The van der Waals surface area contributed by atoms with Crippen LogP contribution >= 0.6 is 11.3 Å². The highest BCUT2D eigenvalue weighted by Gasteiger charge is 2.11. The summed E-state index contributed by atoms with van der Waals surface area (Å²) < 4.78 is 1.26. The molecular weight excluding hydrogens is 264 g/mol. The van der Waals surface area contributed by atoms with E-state index in [0.29, 0.717) is 0 Å². The molecule has 0 bridgehead atoms. The highest BCUT2D eigenvalue weighted by Crippen LogP contribution is 2.26. The van der Waals surface area contributed by atoms with Crippen molar-refractivity contribution < 1.29 is 0 Å². The van der Waals surface area contributed by atoms with Gasteiger partial charge in [-0.3, -0.25) is 0 Å². The zero-order valence-corrected chi connectivity index (χ0v) is 12.6. The summed E-state index contributed by atoms with van der Waals surface area (Å²) in [6.45, 7) is 5.21. The van der Waals surface area contributed by atoms with Crippen LogP contribution in [0.2, 0.25) is 0 Å². The zero-order valence-electron chi connectivity index (χ0n) is 11.8. The molecule has 20 heavy (non-hydrogen) atoms. The molecule has 2 nitrogen and oxygen atoms in total. The monoisotopic (exact) mass is 282 g/mol. The molecule has 0 spiro atoms. The predicted molar refractivity (Wildman–Crippen MR) is 86.1 cm³/mol. The lowest BCUT2D eigenvalue weighted by Gasteiger charge is -2.12. The van der Waals surface area contributed by atoms with E-state index in [2.05, 4.69) is 61.6 Å². The van der Waals surface area contributed by atoms with Crippen molar-refractivity contribution in [2.75, 3.05) is 0 Å². The van der Waals surface area contributed by atoms with Crippen LogP contribution < -0.4 is 5.32 Å². The third-order valence-electron chi connectivity index (χ3n) is 3.54. The number of rotatable bonds is 4. The number of thiazole rings is 1. The van der Waals surface area contributed by atoms with Crippen molar-refractivity contribution in [2.24, 2.45) is 0 Å². The highest BCUT2D eigenvalue weighted by atomic mass is 32.1. The van der Waals surface area contributed by atoms with Crippen LogP contribution in [0.1, 0.15) is 29.1 Å². The number of aryl methyl sites for hydroxylation is 1. The fraction of sp³-hybridized carbons (Fsp3) is 0.235. The van der Waals surface area contributed by atoms with Gasteiger partial charge in [0.05, 0.1) is 16.3 Å². The van der Waals surface area contributed by atoms with E-state index >= 15 is 0 Å². The number of nitrogens with one attached hydrogen (secondary N) is 1. The molecule has 3 heteroatoms. The minimum Gasteiger partial charge on any atom is -0.304 e. The average Bonchev–Trinajstić information content (AvgIpc) is 2.90. The van der Waals surface area contributed by atoms with E-state index in [9.17, 15) is 0 Å². The van der Waals surface area contributed by atoms with Crippen LogP contribution in [-0.4, -0.2) is 4.98 Å². The van der Waals surface area contributed by atoms with Gasteiger partial charge in [-0.1, -0.05) is 36.4 Å². The molecule has 1 aromatic heterocycles. The Balaban J connectivity index is 1.73. The van der Waals surface area contributed by atoms with Gasteiger partial charge in [0.15, 0.2) is 0 Å². The largest absolute Gasteiger partial charge is 0.304 e. The molecule has 1 unspecified atom stereocenters. The van der Waals surface area contributed by atoms with Crippen LogP contribution in [0.3, 0.4) is 0 Å². The number of nitrogens with zero attached hydrogens (tertiary/aromatic N) is 1. The van der Waals surface area contributed by atoms with Gasteiger partial charge < -0.3 is 5.32 Å². The quantitative estimate of drug-likeness (QED) is 0.764. The first-order chi connectivity index (χ1) is 9.74. The molecule has 2 aromatic carbocycles. The topological polar surface area (TPSA) is 24.9 Å². The number of hydrogen-bond donors (Lipinski definition) is 1. The Hall–Kier alpha value is -1.71. The van der Waals surface area contributed by atoms with Crippen molar-refractivity contribution in [3.05, 3.63) is 64.7 Å². The molecule has 102 valence electrons. The minimum atomic E-state index is 0.270. The Morgan fingerprint density at radius 1 is 1.10 bits per heavy atom. The van der Waals surface area contributed by atoms with Crippen LogP contribution in [0.5, 0.6) is 0 Å². The van der Waals surface area contributed by atoms with Crippen LogP contribution in [0.25, 0.3) is 10.2 Å². The summed E-state index contributed by atoms with van der Waals surface area (Å²) in [5.41, 5.74) is 3.77. The Labute approximate surface area is 123 Å². The van der Waals surface area contributed by atoms with Gasteiger partial charge in [-0.2, -0.15) is 0 Å². The van der Waals surface area contributed by atoms with Gasteiger partial charge in [-0.05, 0) is 37.1 Å². The summed E-state index contributed by atoms with van der Waals surface area (Å²) in [5.74, 6) is 0. The van der Waals surface area contributed by atoms with E-state index in [1.807, 2.05) is 6.07 Å². The molecule has 0 aliphatic heterocycles. The standard InChI is InChI=1S/C17H18N2S/c1-12-7-3-4-8-14(12)11-18-13(2)17-19-15-9-5-6-10-16(15)20-17/h3-10,13,18H,11H2,1-2H3.